The highest BCUT2D eigenvalue weighted by atomic mass is 32.1. The summed E-state index contributed by atoms with van der Waals surface area (Å²) in [7, 11) is 5.68. The third-order valence-corrected chi connectivity index (χ3v) is 7.95. The van der Waals surface area contributed by atoms with E-state index in [4.69, 9.17) is 9.73 Å². The zero-order valence-corrected chi connectivity index (χ0v) is 22.3. The second-order valence-electron chi connectivity index (χ2n) is 10.4. The maximum absolute atomic E-state index is 13.5. The fourth-order valence-corrected chi connectivity index (χ4v) is 5.76. The van der Waals surface area contributed by atoms with Crippen molar-refractivity contribution in [3.05, 3.63) is 70.1 Å². The van der Waals surface area contributed by atoms with Crippen molar-refractivity contribution in [2.75, 3.05) is 31.4 Å². The van der Waals surface area contributed by atoms with Crippen molar-refractivity contribution < 1.29 is 9.53 Å². The van der Waals surface area contributed by atoms with Crippen molar-refractivity contribution in [1.82, 2.24) is 0 Å². The van der Waals surface area contributed by atoms with Crippen LogP contribution >= 0.6 is 11.3 Å². The quantitative estimate of drug-likeness (QED) is 0.380. The van der Waals surface area contributed by atoms with E-state index in [0.717, 1.165) is 52.5 Å². The highest BCUT2D eigenvalue weighted by molar-refractivity contribution is 7.16. The Hall–Kier alpha value is -3.12. The molecular weight excluding hydrogens is 454 g/mol. The first kappa shape index (κ1) is 25.0. The Labute approximate surface area is 212 Å². The van der Waals surface area contributed by atoms with E-state index in [0.29, 0.717) is 11.5 Å². The number of hydrogen-bond acceptors (Lipinski definition) is 5. The summed E-state index contributed by atoms with van der Waals surface area (Å²) in [6, 6.07) is 15.7. The molecule has 1 atom stereocenters. The molecule has 0 radical (unpaired) electrons. The first-order chi connectivity index (χ1) is 16.7. The van der Waals surface area contributed by atoms with Gasteiger partial charge >= 0.3 is 0 Å². The summed E-state index contributed by atoms with van der Waals surface area (Å²) < 4.78 is 5.24. The van der Waals surface area contributed by atoms with E-state index in [1.54, 1.807) is 18.4 Å². The topological polar surface area (TPSA) is 53.9 Å². The van der Waals surface area contributed by atoms with Crippen molar-refractivity contribution in [2.24, 2.45) is 16.3 Å². The summed E-state index contributed by atoms with van der Waals surface area (Å²) >= 11 is 1.67. The van der Waals surface area contributed by atoms with Crippen molar-refractivity contribution in [3.8, 4) is 5.75 Å². The Morgan fingerprint density at radius 3 is 2.40 bits per heavy atom. The molecule has 0 saturated heterocycles. The van der Waals surface area contributed by atoms with Crippen molar-refractivity contribution >= 4 is 39.8 Å². The molecule has 0 bridgehead atoms. The summed E-state index contributed by atoms with van der Waals surface area (Å²) in [6.45, 7) is 6.93. The molecule has 1 aliphatic rings. The van der Waals surface area contributed by atoms with Gasteiger partial charge in [-0.05, 0) is 78.1 Å². The van der Waals surface area contributed by atoms with Gasteiger partial charge in [-0.2, -0.15) is 0 Å². The van der Waals surface area contributed by atoms with Gasteiger partial charge in [-0.15, -0.1) is 11.3 Å². The molecule has 1 N–H and O–H groups in total. The fraction of sp³-hybridized carbons (Fsp3) is 0.379. The van der Waals surface area contributed by atoms with Crippen molar-refractivity contribution in [3.63, 3.8) is 0 Å². The van der Waals surface area contributed by atoms with Crippen LogP contribution in [0.3, 0.4) is 0 Å². The lowest BCUT2D eigenvalue weighted by Crippen LogP contribution is -2.27. The van der Waals surface area contributed by atoms with Gasteiger partial charge in [-0.25, -0.2) is 4.99 Å². The molecule has 0 unspecified atom stereocenters. The summed E-state index contributed by atoms with van der Waals surface area (Å²) in [5.41, 5.74) is 5.02. The van der Waals surface area contributed by atoms with Crippen LogP contribution in [0.1, 0.15) is 53.6 Å². The second kappa shape index (κ2) is 10.2. The fourth-order valence-electron chi connectivity index (χ4n) is 4.50. The summed E-state index contributed by atoms with van der Waals surface area (Å²) in [4.78, 5) is 21.7. The van der Waals surface area contributed by atoms with Crippen LogP contribution in [0.15, 0.2) is 53.5 Å². The van der Waals surface area contributed by atoms with Gasteiger partial charge in [0.05, 0.1) is 12.7 Å². The van der Waals surface area contributed by atoms with Crippen LogP contribution in [0.2, 0.25) is 0 Å². The van der Waals surface area contributed by atoms with Crippen LogP contribution in [0, 0.1) is 11.3 Å². The molecule has 3 aromatic rings. The van der Waals surface area contributed by atoms with Crippen LogP contribution in [0.5, 0.6) is 5.75 Å². The second-order valence-corrected chi connectivity index (χ2v) is 11.5. The van der Waals surface area contributed by atoms with E-state index >= 15 is 0 Å². The van der Waals surface area contributed by atoms with E-state index in [2.05, 4.69) is 55.3 Å². The number of fused-ring (bicyclic) bond motifs is 1. The van der Waals surface area contributed by atoms with Gasteiger partial charge in [-0.3, -0.25) is 4.79 Å². The Morgan fingerprint density at radius 1 is 1.11 bits per heavy atom. The third-order valence-electron chi connectivity index (χ3n) is 6.79. The summed E-state index contributed by atoms with van der Waals surface area (Å²) in [6.07, 6.45) is 4.86. The largest absolute Gasteiger partial charge is 0.497 e. The zero-order chi connectivity index (χ0) is 25.2. The average Bonchev–Trinajstić information content (AvgIpc) is 3.20. The molecule has 4 rings (SSSR count). The molecule has 1 heterocycles. The number of amides is 1. The predicted molar refractivity (Wildman–Crippen MR) is 148 cm³/mol. The lowest BCUT2D eigenvalue weighted by Gasteiger charge is -2.33. The SMILES string of the molecule is COc1ccc(NC(=O)c2c(N=Cc3ccc(N(C)C)cc3)sc3c2CC[C@@H](C(C)(C)C)C3)cc1. The number of methoxy groups -OCH3 is 1. The third kappa shape index (κ3) is 5.76. The average molecular weight is 490 g/mol. The Balaban J connectivity index is 1.66. The minimum Gasteiger partial charge on any atom is -0.497 e. The summed E-state index contributed by atoms with van der Waals surface area (Å²) in [5.74, 6) is 1.26. The van der Waals surface area contributed by atoms with Gasteiger partial charge in [-0.1, -0.05) is 32.9 Å². The van der Waals surface area contributed by atoms with Crippen molar-refractivity contribution in [2.45, 2.75) is 40.0 Å². The Kier molecular flexibility index (Phi) is 7.31. The van der Waals surface area contributed by atoms with E-state index in [-0.39, 0.29) is 11.3 Å². The molecule has 35 heavy (non-hydrogen) atoms. The van der Waals surface area contributed by atoms with Gasteiger partial charge in [0, 0.05) is 36.6 Å². The highest BCUT2D eigenvalue weighted by Crippen LogP contribution is 2.45. The minimum atomic E-state index is -0.100. The molecule has 184 valence electrons. The smallest absolute Gasteiger partial charge is 0.259 e. The van der Waals surface area contributed by atoms with Crippen molar-refractivity contribution in [1.29, 1.82) is 0 Å². The van der Waals surface area contributed by atoms with Crippen LogP contribution < -0.4 is 15.0 Å². The highest BCUT2D eigenvalue weighted by Gasteiger charge is 2.33. The number of ether oxygens (including phenoxy) is 1. The molecule has 0 saturated carbocycles. The first-order valence-electron chi connectivity index (χ1n) is 12.1. The number of thiophene rings is 1. The van der Waals surface area contributed by atoms with Gasteiger partial charge in [0.15, 0.2) is 0 Å². The van der Waals surface area contributed by atoms with E-state index in [1.807, 2.05) is 44.6 Å². The molecule has 1 aromatic heterocycles. The van der Waals surface area contributed by atoms with Crippen LogP contribution in [0.25, 0.3) is 0 Å². The van der Waals surface area contributed by atoms with E-state index < -0.39 is 0 Å². The molecule has 0 spiro atoms. The standard InChI is InChI=1S/C29H35N3O2S/c1-29(2,3)20-9-16-24-25(17-20)35-28(30-18-19-7-12-22(13-8-19)32(4)5)26(24)27(33)31-21-10-14-23(34-6)15-11-21/h7-8,10-15,18,20H,9,16-17H2,1-6H3,(H,31,33)/t20-/m1/s1. The maximum atomic E-state index is 13.5. The number of rotatable bonds is 6. The minimum absolute atomic E-state index is 0.100. The van der Waals surface area contributed by atoms with Crippen LogP contribution in [-0.4, -0.2) is 33.3 Å². The molecule has 1 aliphatic carbocycles. The van der Waals surface area contributed by atoms with Gasteiger partial charge in [0.2, 0.25) is 0 Å². The van der Waals surface area contributed by atoms with Gasteiger partial charge in [0.25, 0.3) is 5.91 Å². The molecule has 1 amide bonds. The normalized spacial score (nSPS) is 15.7. The van der Waals surface area contributed by atoms with E-state index in [9.17, 15) is 4.79 Å². The predicted octanol–water partition coefficient (Wildman–Crippen LogP) is 6.98. The van der Waals surface area contributed by atoms with Crippen LogP contribution in [0.4, 0.5) is 16.4 Å². The molecule has 6 heteroatoms. The van der Waals surface area contributed by atoms with Gasteiger partial charge < -0.3 is 15.0 Å². The lowest BCUT2D eigenvalue weighted by atomic mass is 9.72. The van der Waals surface area contributed by atoms with Crippen LogP contribution in [-0.2, 0) is 12.8 Å². The lowest BCUT2D eigenvalue weighted by molar-refractivity contribution is 0.102. The monoisotopic (exact) mass is 489 g/mol. The number of carbonyl (C=O) groups excluding carboxylic acids is 1. The Morgan fingerprint density at radius 2 is 1.80 bits per heavy atom. The number of hydrogen-bond donors (Lipinski definition) is 1. The molecule has 5 nitrogen and oxygen atoms in total. The molecular formula is C29H35N3O2S. The van der Waals surface area contributed by atoms with E-state index in [1.165, 1.54) is 4.88 Å². The number of anilines is 2. The van der Waals surface area contributed by atoms with Gasteiger partial charge in [0.1, 0.15) is 10.8 Å². The number of benzene rings is 2. The summed E-state index contributed by atoms with van der Waals surface area (Å²) in [5, 5.41) is 3.86. The first-order valence-corrected chi connectivity index (χ1v) is 12.9. The number of nitrogens with zero attached hydrogens (tertiary/aromatic N) is 2. The molecule has 0 aliphatic heterocycles. The maximum Gasteiger partial charge on any atom is 0.259 e. The number of carbonyl (C=O) groups is 1. The Bertz CT molecular complexity index is 1200. The molecule has 0 fully saturated rings. The zero-order valence-electron chi connectivity index (χ0n) is 21.5. The number of nitrogens with one attached hydrogen (secondary N) is 1. The molecule has 2 aromatic carbocycles. The number of aliphatic imine (C=N–C) groups is 1.